The number of likely N-dealkylation sites (tertiary alicyclic amines) is 1. The van der Waals surface area contributed by atoms with Crippen LogP contribution in [0.1, 0.15) is 23.2 Å². The molecular weight excluding hydrogens is 313 g/mol. The number of carbonyl (C=O) groups is 1. The van der Waals surface area contributed by atoms with Crippen molar-refractivity contribution in [2.45, 2.75) is 31.0 Å². The van der Waals surface area contributed by atoms with Crippen LogP contribution in [0, 0.1) is 5.95 Å². The van der Waals surface area contributed by atoms with Crippen LogP contribution in [0.25, 0.3) is 0 Å². The molecule has 0 N–H and O–H groups in total. The number of carbonyl (C=O) groups excluding carboxylic acids is 1. The molecule has 0 unspecified atom stereocenters. The van der Waals surface area contributed by atoms with Gasteiger partial charge >= 0.3 is 0 Å². The number of hydrogen-bond acceptors (Lipinski definition) is 5. The number of aromatic nitrogens is 1. The molecule has 4 heterocycles. The highest BCUT2D eigenvalue weighted by Crippen LogP contribution is 2.33. The number of hydrogen-bond donors (Lipinski definition) is 0. The van der Waals surface area contributed by atoms with Crippen LogP contribution in [0.4, 0.5) is 4.39 Å². The fourth-order valence-corrected chi connectivity index (χ4v) is 4.10. The van der Waals surface area contributed by atoms with E-state index in [0.717, 1.165) is 45.8 Å². The number of ether oxygens (including phenoxy) is 2. The highest BCUT2D eigenvalue weighted by Gasteiger charge is 2.48. The average Bonchev–Trinajstić information content (AvgIpc) is 3.01. The third-order valence-corrected chi connectivity index (χ3v) is 5.25. The maximum atomic E-state index is 13.4. The molecule has 0 bridgehead atoms. The quantitative estimate of drug-likeness (QED) is 0.753. The molecule has 3 aliphatic rings. The summed E-state index contributed by atoms with van der Waals surface area (Å²) in [4.78, 5) is 20.7. The lowest BCUT2D eigenvalue weighted by Crippen LogP contribution is -2.51. The first kappa shape index (κ1) is 15.9. The van der Waals surface area contributed by atoms with Crippen LogP contribution in [0.15, 0.2) is 18.3 Å². The fourth-order valence-electron chi connectivity index (χ4n) is 4.10. The molecule has 0 aromatic carbocycles. The first-order valence-corrected chi connectivity index (χ1v) is 8.60. The van der Waals surface area contributed by atoms with Gasteiger partial charge in [0.05, 0.1) is 31.4 Å². The van der Waals surface area contributed by atoms with Crippen molar-refractivity contribution in [1.29, 1.82) is 0 Å². The van der Waals surface area contributed by atoms with Gasteiger partial charge in [-0.05, 0) is 18.9 Å². The lowest BCUT2D eigenvalue weighted by atomic mass is 9.99. The van der Waals surface area contributed by atoms with Crippen molar-refractivity contribution < 1.29 is 18.7 Å². The second-order valence-electron chi connectivity index (χ2n) is 6.59. The summed E-state index contributed by atoms with van der Waals surface area (Å²) in [5.74, 6) is -0.756. The summed E-state index contributed by atoms with van der Waals surface area (Å²) >= 11 is 0. The monoisotopic (exact) mass is 335 g/mol. The van der Waals surface area contributed by atoms with E-state index in [4.69, 9.17) is 9.47 Å². The van der Waals surface area contributed by atoms with E-state index in [-0.39, 0.29) is 24.1 Å². The zero-order chi connectivity index (χ0) is 16.5. The van der Waals surface area contributed by atoms with Gasteiger partial charge in [-0.15, -0.1) is 0 Å². The third-order valence-electron chi connectivity index (χ3n) is 5.25. The minimum atomic E-state index is -0.624. The summed E-state index contributed by atoms with van der Waals surface area (Å²) in [5, 5.41) is 0. The van der Waals surface area contributed by atoms with E-state index in [1.54, 1.807) is 6.07 Å². The van der Waals surface area contributed by atoms with Gasteiger partial charge in [0.2, 0.25) is 5.95 Å². The summed E-state index contributed by atoms with van der Waals surface area (Å²) in [5.41, 5.74) is 0.356. The van der Waals surface area contributed by atoms with Crippen molar-refractivity contribution in [2.24, 2.45) is 0 Å². The summed E-state index contributed by atoms with van der Waals surface area (Å²) in [6.45, 7) is 4.53. The van der Waals surface area contributed by atoms with Gasteiger partial charge < -0.3 is 14.4 Å². The summed E-state index contributed by atoms with van der Waals surface area (Å²) in [6.07, 6.45) is 3.26. The normalized spacial score (nSPS) is 31.0. The van der Waals surface area contributed by atoms with Crippen LogP contribution in [0.5, 0.6) is 0 Å². The maximum Gasteiger partial charge on any atom is 0.254 e. The number of pyridine rings is 1. The molecule has 1 aromatic rings. The Hall–Kier alpha value is -1.57. The number of nitrogens with zero attached hydrogens (tertiary/aromatic N) is 3. The Morgan fingerprint density at radius 1 is 1.25 bits per heavy atom. The first-order chi connectivity index (χ1) is 11.7. The van der Waals surface area contributed by atoms with Crippen LogP contribution >= 0.6 is 0 Å². The van der Waals surface area contributed by atoms with Crippen LogP contribution < -0.4 is 0 Å². The molecule has 1 aromatic heterocycles. The molecule has 6 nitrogen and oxygen atoms in total. The Kier molecular flexibility index (Phi) is 4.47. The topological polar surface area (TPSA) is 54.9 Å². The Bertz CT molecular complexity index is 608. The third kappa shape index (κ3) is 2.92. The maximum absolute atomic E-state index is 13.4. The molecule has 3 atom stereocenters. The smallest absolute Gasteiger partial charge is 0.254 e. The van der Waals surface area contributed by atoms with E-state index in [2.05, 4.69) is 9.88 Å². The molecule has 1 amide bonds. The molecule has 3 saturated heterocycles. The molecule has 3 fully saturated rings. The molecule has 3 aliphatic heterocycles. The van der Waals surface area contributed by atoms with Gasteiger partial charge in [0.25, 0.3) is 5.91 Å². The Morgan fingerprint density at radius 2 is 2.08 bits per heavy atom. The molecule has 0 saturated carbocycles. The fraction of sp³-hybridized carbons (Fsp3) is 0.647. The van der Waals surface area contributed by atoms with Gasteiger partial charge in [0, 0.05) is 44.1 Å². The van der Waals surface area contributed by atoms with Crippen LogP contribution in [-0.2, 0) is 9.47 Å². The molecule has 4 rings (SSSR count). The average molecular weight is 335 g/mol. The van der Waals surface area contributed by atoms with Crippen molar-refractivity contribution in [3.05, 3.63) is 29.8 Å². The van der Waals surface area contributed by atoms with E-state index in [1.165, 1.54) is 12.3 Å². The minimum Gasteiger partial charge on any atom is -0.379 e. The van der Waals surface area contributed by atoms with Crippen molar-refractivity contribution >= 4 is 5.91 Å². The molecule has 7 heteroatoms. The summed E-state index contributed by atoms with van der Waals surface area (Å²) in [7, 11) is 0. The molecule has 0 spiro atoms. The van der Waals surface area contributed by atoms with Gasteiger partial charge in [-0.3, -0.25) is 9.69 Å². The van der Waals surface area contributed by atoms with Crippen LogP contribution in [0.2, 0.25) is 0 Å². The van der Waals surface area contributed by atoms with Crippen molar-refractivity contribution in [2.75, 3.05) is 39.5 Å². The van der Waals surface area contributed by atoms with E-state index >= 15 is 0 Å². The molecule has 24 heavy (non-hydrogen) atoms. The predicted molar refractivity (Wildman–Crippen MR) is 84.2 cm³/mol. The zero-order valence-corrected chi connectivity index (χ0v) is 13.6. The number of rotatable bonds is 2. The second-order valence-corrected chi connectivity index (χ2v) is 6.59. The largest absolute Gasteiger partial charge is 0.379 e. The summed E-state index contributed by atoms with van der Waals surface area (Å²) in [6, 6.07) is 3.04. The SMILES string of the molecule is O=C(c1ccnc(F)c1)N1C[C@H](N2CCOCC2)[C@@H]2OCCC[C@@H]21. The lowest BCUT2D eigenvalue weighted by molar-refractivity contribution is -0.0578. The van der Waals surface area contributed by atoms with Gasteiger partial charge in [0.15, 0.2) is 0 Å². The zero-order valence-electron chi connectivity index (χ0n) is 13.6. The Balaban J connectivity index is 1.57. The standard InChI is InChI=1S/C17H22FN3O3/c18-15-10-12(3-4-19-15)17(22)21-11-14(20-5-8-23-9-6-20)16-13(21)2-1-7-24-16/h3-4,10,13-14,16H,1-2,5-9,11H2/t13-,14-,16+/m0/s1. The van der Waals surface area contributed by atoms with E-state index in [9.17, 15) is 9.18 Å². The molecule has 0 radical (unpaired) electrons. The van der Waals surface area contributed by atoms with Gasteiger partial charge in [0.1, 0.15) is 0 Å². The van der Waals surface area contributed by atoms with Crippen molar-refractivity contribution in [3.8, 4) is 0 Å². The van der Waals surface area contributed by atoms with Crippen molar-refractivity contribution in [3.63, 3.8) is 0 Å². The van der Waals surface area contributed by atoms with E-state index in [0.29, 0.717) is 12.1 Å². The minimum absolute atomic E-state index is 0.0347. The second kappa shape index (κ2) is 6.74. The molecule has 130 valence electrons. The lowest BCUT2D eigenvalue weighted by Gasteiger charge is -2.37. The first-order valence-electron chi connectivity index (χ1n) is 8.60. The summed E-state index contributed by atoms with van der Waals surface area (Å²) < 4.78 is 24.9. The number of fused-ring (bicyclic) bond motifs is 1. The predicted octanol–water partition coefficient (Wildman–Crippen LogP) is 0.925. The highest BCUT2D eigenvalue weighted by atomic mass is 19.1. The Labute approximate surface area is 140 Å². The number of amides is 1. The van der Waals surface area contributed by atoms with Gasteiger partial charge in [-0.25, -0.2) is 4.98 Å². The van der Waals surface area contributed by atoms with Gasteiger partial charge in [-0.2, -0.15) is 4.39 Å². The van der Waals surface area contributed by atoms with E-state index < -0.39 is 5.95 Å². The van der Waals surface area contributed by atoms with E-state index in [1.807, 2.05) is 4.90 Å². The van der Waals surface area contributed by atoms with Crippen molar-refractivity contribution in [1.82, 2.24) is 14.8 Å². The Morgan fingerprint density at radius 3 is 2.88 bits per heavy atom. The molecule has 0 aliphatic carbocycles. The van der Waals surface area contributed by atoms with Crippen LogP contribution in [0.3, 0.4) is 0 Å². The highest BCUT2D eigenvalue weighted by molar-refractivity contribution is 5.94. The number of morpholine rings is 1. The van der Waals surface area contributed by atoms with Gasteiger partial charge in [-0.1, -0.05) is 0 Å². The molecular formula is C17H22FN3O3. The van der Waals surface area contributed by atoms with Crippen LogP contribution in [-0.4, -0.2) is 78.3 Å². The number of halogens is 1.